The number of hydrogen-bond acceptors (Lipinski definition) is 6. The summed E-state index contributed by atoms with van der Waals surface area (Å²) in [5.41, 5.74) is 6.19. The predicted octanol–water partition coefficient (Wildman–Crippen LogP) is 0.613. The normalized spacial score (nSPS) is 32.0. The van der Waals surface area contributed by atoms with Crippen LogP contribution in [0.25, 0.3) is 0 Å². The summed E-state index contributed by atoms with van der Waals surface area (Å²) >= 11 is 0. The third kappa shape index (κ3) is 3.49. The number of ether oxygens (including phenoxy) is 2. The maximum Gasteiger partial charge on any atom is 0.333 e. The van der Waals surface area contributed by atoms with Gasteiger partial charge in [-0.15, -0.1) is 0 Å². The molecule has 3 fully saturated rings. The minimum Gasteiger partial charge on any atom is -0.481 e. The monoisotopic (exact) mass is 388 g/mol. The van der Waals surface area contributed by atoms with Crippen molar-refractivity contribution in [3.63, 3.8) is 0 Å². The maximum atomic E-state index is 13.0. The molecule has 0 aromatic heterocycles. The van der Waals surface area contributed by atoms with Crippen molar-refractivity contribution < 1.29 is 29.0 Å². The van der Waals surface area contributed by atoms with Crippen LogP contribution in [0.3, 0.4) is 0 Å². The zero-order valence-corrected chi connectivity index (χ0v) is 15.3. The standard InChI is InChI=1S/C20H24N2O6/c21-14(8-15(23)24)19(25)22-16(10-4-2-1-3-5-10)20(26)28-17-11-6-12-9-27-18(17)13(12)7-11/h1-5,11-14,16-18H,6-9,21H2,(H,22,25)(H,23,24)/t11?,12?,13?,14-,16+,17?,18?/m0/s1. The van der Waals surface area contributed by atoms with Gasteiger partial charge in [-0.25, -0.2) is 4.79 Å². The van der Waals surface area contributed by atoms with Gasteiger partial charge in [-0.1, -0.05) is 30.3 Å². The van der Waals surface area contributed by atoms with Crippen LogP contribution >= 0.6 is 0 Å². The van der Waals surface area contributed by atoms with Gasteiger partial charge < -0.3 is 25.6 Å². The van der Waals surface area contributed by atoms with Gasteiger partial charge in [0.25, 0.3) is 0 Å². The molecular weight excluding hydrogens is 364 g/mol. The van der Waals surface area contributed by atoms with E-state index in [1.165, 1.54) is 0 Å². The van der Waals surface area contributed by atoms with E-state index in [-0.39, 0.29) is 12.2 Å². The first kappa shape index (κ1) is 18.9. The Bertz CT molecular complexity index is 767. The number of nitrogens with two attached hydrogens (primary N) is 1. The minimum absolute atomic E-state index is 0.0610. The second-order valence-electron chi connectivity index (χ2n) is 7.91. The third-order valence-electron chi connectivity index (χ3n) is 6.14. The second-order valence-corrected chi connectivity index (χ2v) is 7.91. The van der Waals surface area contributed by atoms with Gasteiger partial charge in [-0.3, -0.25) is 9.59 Å². The molecule has 1 aromatic rings. The molecule has 8 heteroatoms. The Morgan fingerprint density at radius 2 is 1.96 bits per heavy atom. The van der Waals surface area contributed by atoms with Gasteiger partial charge in [0, 0.05) is 0 Å². The van der Waals surface area contributed by atoms with Crippen LogP contribution in [0.1, 0.15) is 30.9 Å². The molecule has 1 heterocycles. The van der Waals surface area contributed by atoms with Gasteiger partial charge in [-0.05, 0) is 36.2 Å². The lowest BCUT2D eigenvalue weighted by Gasteiger charge is -2.29. The van der Waals surface area contributed by atoms with E-state index in [9.17, 15) is 14.4 Å². The summed E-state index contributed by atoms with van der Waals surface area (Å²) in [7, 11) is 0. The highest BCUT2D eigenvalue weighted by Gasteiger charge is 2.59. The number of carbonyl (C=O) groups is 3. The Morgan fingerprint density at radius 1 is 1.21 bits per heavy atom. The molecule has 8 nitrogen and oxygen atoms in total. The number of benzene rings is 1. The van der Waals surface area contributed by atoms with Crippen LogP contribution in [0.5, 0.6) is 0 Å². The summed E-state index contributed by atoms with van der Waals surface area (Å²) < 4.78 is 11.7. The molecule has 1 saturated heterocycles. The van der Waals surface area contributed by atoms with Gasteiger partial charge in [0.05, 0.1) is 25.2 Å². The van der Waals surface area contributed by atoms with Crippen LogP contribution in [0.15, 0.2) is 30.3 Å². The Balaban J connectivity index is 1.48. The Morgan fingerprint density at radius 3 is 2.68 bits per heavy atom. The molecule has 28 heavy (non-hydrogen) atoms. The van der Waals surface area contributed by atoms with Crippen molar-refractivity contribution in [1.82, 2.24) is 5.32 Å². The van der Waals surface area contributed by atoms with Crippen molar-refractivity contribution in [2.75, 3.05) is 6.61 Å². The molecule has 4 N–H and O–H groups in total. The van der Waals surface area contributed by atoms with E-state index >= 15 is 0 Å². The lowest BCUT2D eigenvalue weighted by molar-refractivity contribution is -0.161. The van der Waals surface area contributed by atoms with Gasteiger partial charge in [-0.2, -0.15) is 0 Å². The van der Waals surface area contributed by atoms with Crippen molar-refractivity contribution in [2.24, 2.45) is 23.5 Å². The molecule has 4 rings (SSSR count). The molecule has 2 saturated carbocycles. The molecule has 7 atom stereocenters. The van der Waals surface area contributed by atoms with E-state index in [2.05, 4.69) is 5.32 Å². The molecule has 2 aliphatic carbocycles. The SMILES string of the molecule is N[C@@H](CC(=O)O)C(=O)N[C@@H](C(=O)OC1C2CC3COC1C3C2)c1ccccc1. The summed E-state index contributed by atoms with van der Waals surface area (Å²) in [6, 6.07) is 6.41. The summed E-state index contributed by atoms with van der Waals surface area (Å²) in [6.45, 7) is 0.725. The Kier molecular flexibility index (Phi) is 5.07. The number of rotatable bonds is 7. The van der Waals surface area contributed by atoms with Crippen molar-refractivity contribution in [3.05, 3.63) is 35.9 Å². The van der Waals surface area contributed by atoms with Gasteiger partial charge in [0.1, 0.15) is 6.10 Å². The Hall–Kier alpha value is -2.45. The number of aliphatic carboxylic acids is 1. The lowest BCUT2D eigenvalue weighted by Crippen LogP contribution is -2.47. The van der Waals surface area contributed by atoms with Gasteiger partial charge >= 0.3 is 11.9 Å². The topological polar surface area (TPSA) is 128 Å². The first-order chi connectivity index (χ1) is 13.4. The number of carboxylic acids is 1. The van der Waals surface area contributed by atoms with E-state index in [1.807, 2.05) is 0 Å². The number of nitrogens with one attached hydrogen (secondary N) is 1. The van der Waals surface area contributed by atoms with Crippen molar-refractivity contribution >= 4 is 17.8 Å². The maximum absolute atomic E-state index is 13.0. The van der Waals surface area contributed by atoms with Crippen LogP contribution in [0.2, 0.25) is 0 Å². The van der Waals surface area contributed by atoms with Crippen LogP contribution in [0, 0.1) is 17.8 Å². The number of esters is 1. The van der Waals surface area contributed by atoms with Crippen molar-refractivity contribution in [1.29, 1.82) is 0 Å². The summed E-state index contributed by atoms with van der Waals surface area (Å²) in [5.74, 6) is -1.14. The van der Waals surface area contributed by atoms with E-state index in [0.29, 0.717) is 23.3 Å². The van der Waals surface area contributed by atoms with Gasteiger partial charge in [0.15, 0.2) is 6.04 Å². The van der Waals surface area contributed by atoms with Crippen LogP contribution in [-0.4, -0.2) is 47.8 Å². The molecule has 2 bridgehead atoms. The predicted molar refractivity (Wildman–Crippen MR) is 96.9 cm³/mol. The zero-order valence-electron chi connectivity index (χ0n) is 15.3. The largest absolute Gasteiger partial charge is 0.481 e. The van der Waals surface area contributed by atoms with Crippen molar-refractivity contribution in [3.8, 4) is 0 Å². The molecule has 0 spiro atoms. The van der Waals surface area contributed by atoms with E-state index in [4.69, 9.17) is 20.3 Å². The molecule has 1 aromatic carbocycles. The average molecular weight is 388 g/mol. The van der Waals surface area contributed by atoms with E-state index in [1.54, 1.807) is 30.3 Å². The number of carboxylic acid groups (broad SMARTS) is 1. The van der Waals surface area contributed by atoms with E-state index in [0.717, 1.165) is 19.4 Å². The molecule has 1 aliphatic heterocycles. The second kappa shape index (κ2) is 7.52. The van der Waals surface area contributed by atoms with Crippen LogP contribution in [0.4, 0.5) is 0 Å². The summed E-state index contributed by atoms with van der Waals surface area (Å²) in [6.07, 6.45) is 1.14. The zero-order chi connectivity index (χ0) is 19.8. The number of carbonyl (C=O) groups excluding carboxylic acids is 2. The van der Waals surface area contributed by atoms with Gasteiger partial charge in [0.2, 0.25) is 5.91 Å². The molecule has 0 radical (unpaired) electrons. The quantitative estimate of drug-likeness (QED) is 0.584. The lowest BCUT2D eigenvalue weighted by atomic mass is 9.88. The van der Waals surface area contributed by atoms with Crippen LogP contribution < -0.4 is 11.1 Å². The van der Waals surface area contributed by atoms with Crippen molar-refractivity contribution in [2.45, 2.75) is 43.6 Å². The highest BCUT2D eigenvalue weighted by molar-refractivity contribution is 5.90. The molecule has 150 valence electrons. The molecule has 1 amide bonds. The summed E-state index contributed by atoms with van der Waals surface area (Å²) in [5, 5.41) is 11.4. The molecule has 5 unspecified atom stereocenters. The smallest absolute Gasteiger partial charge is 0.333 e. The average Bonchev–Trinajstić information content (AvgIpc) is 3.29. The summed E-state index contributed by atoms with van der Waals surface area (Å²) in [4.78, 5) is 36.1. The fourth-order valence-corrected chi connectivity index (χ4v) is 4.85. The highest BCUT2D eigenvalue weighted by Crippen LogP contribution is 2.55. The highest BCUT2D eigenvalue weighted by atomic mass is 16.6. The Labute approximate surface area is 162 Å². The molecular formula is C20H24N2O6. The number of amides is 1. The van der Waals surface area contributed by atoms with Crippen LogP contribution in [-0.2, 0) is 23.9 Å². The fraction of sp³-hybridized carbons (Fsp3) is 0.550. The number of fused-ring (bicyclic) bond motifs is 1. The first-order valence-electron chi connectivity index (χ1n) is 9.59. The first-order valence-corrected chi connectivity index (χ1v) is 9.59. The number of hydrogen-bond donors (Lipinski definition) is 3. The molecule has 3 aliphatic rings. The third-order valence-corrected chi connectivity index (χ3v) is 6.14. The minimum atomic E-state index is -1.25. The van der Waals surface area contributed by atoms with E-state index < -0.39 is 36.4 Å². The fourth-order valence-electron chi connectivity index (χ4n) is 4.85.